The van der Waals surface area contributed by atoms with Gasteiger partial charge in [-0.1, -0.05) is 23.8 Å². The molecule has 2 fully saturated rings. The van der Waals surface area contributed by atoms with E-state index in [0.717, 1.165) is 34.0 Å². The summed E-state index contributed by atoms with van der Waals surface area (Å²) in [6.45, 7) is 6.16. The first-order valence-electron chi connectivity index (χ1n) is 9.50. The van der Waals surface area contributed by atoms with Gasteiger partial charge in [-0.3, -0.25) is 4.79 Å². The molecule has 2 saturated heterocycles. The lowest BCUT2D eigenvalue weighted by molar-refractivity contribution is 0.0685. The Morgan fingerprint density at radius 3 is 2.48 bits per heavy atom. The summed E-state index contributed by atoms with van der Waals surface area (Å²) in [6, 6.07) is 7.91. The Labute approximate surface area is 171 Å². The van der Waals surface area contributed by atoms with Gasteiger partial charge >= 0.3 is 0 Å². The minimum absolute atomic E-state index is 0. The van der Waals surface area contributed by atoms with Gasteiger partial charge in [0.1, 0.15) is 9.88 Å². The monoisotopic (exact) mass is 405 g/mol. The number of thiazole rings is 1. The van der Waals surface area contributed by atoms with Crippen LogP contribution in [0.25, 0.3) is 10.6 Å². The first-order chi connectivity index (χ1) is 12.4. The Kier molecular flexibility index (Phi) is 5.94. The zero-order chi connectivity index (χ0) is 18.4. The molecule has 4 rings (SSSR count). The molecule has 1 amide bonds. The van der Waals surface area contributed by atoms with E-state index in [1.165, 1.54) is 35.3 Å². The number of nitrogens with zero attached hydrogens (tertiary/aromatic N) is 2. The molecule has 0 saturated carbocycles. The van der Waals surface area contributed by atoms with E-state index in [9.17, 15) is 4.79 Å². The summed E-state index contributed by atoms with van der Waals surface area (Å²) in [5.74, 6) is 0.127. The van der Waals surface area contributed by atoms with Crippen molar-refractivity contribution in [2.45, 2.75) is 64.6 Å². The summed E-state index contributed by atoms with van der Waals surface area (Å²) in [4.78, 5) is 20.6. The summed E-state index contributed by atoms with van der Waals surface area (Å²) < 4.78 is 0. The highest BCUT2D eigenvalue weighted by Gasteiger charge is 2.37. The summed E-state index contributed by atoms with van der Waals surface area (Å²) in [6.07, 6.45) is 4.64. The van der Waals surface area contributed by atoms with Gasteiger partial charge in [0.15, 0.2) is 0 Å². The fraction of sp³-hybridized carbons (Fsp3) is 0.524. The molecule has 1 N–H and O–H groups in total. The van der Waals surface area contributed by atoms with E-state index in [-0.39, 0.29) is 18.3 Å². The molecule has 2 aliphatic heterocycles. The second kappa shape index (κ2) is 7.90. The predicted octanol–water partition coefficient (Wildman–Crippen LogP) is 4.51. The summed E-state index contributed by atoms with van der Waals surface area (Å²) in [5.41, 5.74) is 4.43. The van der Waals surface area contributed by atoms with E-state index in [0.29, 0.717) is 18.1 Å². The number of amides is 1. The smallest absolute Gasteiger partial charge is 0.265 e. The van der Waals surface area contributed by atoms with Crippen molar-refractivity contribution in [2.24, 2.45) is 0 Å². The zero-order valence-electron chi connectivity index (χ0n) is 16.4. The van der Waals surface area contributed by atoms with Crippen LogP contribution in [0.1, 0.15) is 52.2 Å². The number of fused-ring (bicyclic) bond motifs is 2. The van der Waals surface area contributed by atoms with Gasteiger partial charge in [0.05, 0.1) is 5.69 Å². The van der Waals surface area contributed by atoms with Crippen LogP contribution in [0.2, 0.25) is 0 Å². The minimum Gasteiger partial charge on any atom is -0.338 e. The van der Waals surface area contributed by atoms with Crippen LogP contribution in [0.3, 0.4) is 0 Å². The number of halogens is 1. The zero-order valence-corrected chi connectivity index (χ0v) is 18.0. The molecule has 0 aliphatic carbocycles. The van der Waals surface area contributed by atoms with Crippen molar-refractivity contribution in [3.63, 3.8) is 0 Å². The molecule has 2 aromatic rings. The topological polar surface area (TPSA) is 45.2 Å². The number of hydrogen-bond donors (Lipinski definition) is 1. The maximum absolute atomic E-state index is 13.2. The van der Waals surface area contributed by atoms with E-state index in [4.69, 9.17) is 4.98 Å². The van der Waals surface area contributed by atoms with Crippen molar-refractivity contribution in [1.29, 1.82) is 0 Å². The number of benzene rings is 1. The van der Waals surface area contributed by atoms with Crippen LogP contribution in [-0.2, 0) is 0 Å². The van der Waals surface area contributed by atoms with Crippen molar-refractivity contribution in [3.05, 3.63) is 39.9 Å². The standard InChI is InChI=1S/C21H27N3OS.ClH/c1-12-5-8-18(13(2)9-12)20-22-14(3)19(26-20)21(25)24(4)17-10-15-6-7-16(11-17)23-15;/h5,8-9,15-17,23H,6-7,10-11H2,1-4H3;1H. The largest absolute Gasteiger partial charge is 0.338 e. The minimum atomic E-state index is 0. The number of hydrogen-bond acceptors (Lipinski definition) is 4. The first kappa shape index (κ1) is 20.3. The number of aryl methyl sites for hydroxylation is 3. The Balaban J connectivity index is 0.00000210. The van der Waals surface area contributed by atoms with Crippen molar-refractivity contribution in [3.8, 4) is 10.6 Å². The SMILES string of the molecule is Cc1ccc(-c2nc(C)c(C(=O)N(C)C3CC4CCC(C3)N4)s2)c(C)c1.Cl. The van der Waals surface area contributed by atoms with Crippen LogP contribution in [-0.4, -0.2) is 41.0 Å². The molecule has 2 aliphatic rings. The molecule has 2 unspecified atom stereocenters. The first-order valence-corrected chi connectivity index (χ1v) is 10.3. The van der Waals surface area contributed by atoms with Gasteiger partial charge in [-0.05, 0) is 52.0 Å². The number of piperidine rings is 1. The normalized spacial score (nSPS) is 23.8. The maximum atomic E-state index is 13.2. The molecule has 3 heterocycles. The highest BCUT2D eigenvalue weighted by molar-refractivity contribution is 7.17. The lowest BCUT2D eigenvalue weighted by atomic mass is 9.98. The van der Waals surface area contributed by atoms with E-state index in [2.05, 4.69) is 37.4 Å². The fourth-order valence-corrected chi connectivity index (χ4v) is 5.57. The second-order valence-electron chi connectivity index (χ2n) is 7.93. The van der Waals surface area contributed by atoms with Crippen molar-refractivity contribution < 1.29 is 4.79 Å². The molecular weight excluding hydrogens is 378 g/mol. The van der Waals surface area contributed by atoms with Crippen LogP contribution in [0, 0.1) is 20.8 Å². The number of carbonyl (C=O) groups is 1. The maximum Gasteiger partial charge on any atom is 0.265 e. The van der Waals surface area contributed by atoms with E-state index in [1.807, 2.05) is 18.9 Å². The van der Waals surface area contributed by atoms with Crippen LogP contribution in [0.5, 0.6) is 0 Å². The van der Waals surface area contributed by atoms with Gasteiger partial charge in [-0.15, -0.1) is 23.7 Å². The Morgan fingerprint density at radius 1 is 1.19 bits per heavy atom. The molecule has 4 nitrogen and oxygen atoms in total. The Morgan fingerprint density at radius 2 is 1.85 bits per heavy atom. The van der Waals surface area contributed by atoms with Crippen molar-refractivity contribution >= 4 is 29.7 Å². The van der Waals surface area contributed by atoms with E-state index < -0.39 is 0 Å². The average molecular weight is 406 g/mol. The molecule has 6 heteroatoms. The predicted molar refractivity (Wildman–Crippen MR) is 114 cm³/mol. The molecule has 0 spiro atoms. The highest BCUT2D eigenvalue weighted by atomic mass is 35.5. The average Bonchev–Trinajstić information content (AvgIpc) is 3.15. The number of carbonyl (C=O) groups excluding carboxylic acids is 1. The van der Waals surface area contributed by atoms with Gasteiger partial charge in [0.2, 0.25) is 0 Å². The highest BCUT2D eigenvalue weighted by Crippen LogP contribution is 2.33. The number of nitrogens with one attached hydrogen (secondary N) is 1. The third kappa shape index (κ3) is 3.91. The van der Waals surface area contributed by atoms with E-state index in [1.54, 1.807) is 0 Å². The van der Waals surface area contributed by atoms with Gasteiger partial charge in [-0.2, -0.15) is 0 Å². The summed E-state index contributed by atoms with van der Waals surface area (Å²) >= 11 is 1.53. The Bertz CT molecular complexity index is 838. The molecule has 146 valence electrons. The van der Waals surface area contributed by atoms with Crippen LogP contribution >= 0.6 is 23.7 Å². The molecule has 27 heavy (non-hydrogen) atoms. The van der Waals surface area contributed by atoms with Gasteiger partial charge in [0.25, 0.3) is 5.91 Å². The molecule has 2 atom stereocenters. The van der Waals surface area contributed by atoms with Crippen LogP contribution in [0.15, 0.2) is 18.2 Å². The lowest BCUT2D eigenvalue weighted by Crippen LogP contribution is -2.48. The van der Waals surface area contributed by atoms with E-state index >= 15 is 0 Å². The quantitative estimate of drug-likeness (QED) is 0.816. The van der Waals surface area contributed by atoms with Crippen LogP contribution in [0.4, 0.5) is 0 Å². The van der Waals surface area contributed by atoms with Gasteiger partial charge < -0.3 is 10.2 Å². The van der Waals surface area contributed by atoms with Crippen LogP contribution < -0.4 is 5.32 Å². The number of rotatable bonds is 3. The molecule has 2 bridgehead atoms. The van der Waals surface area contributed by atoms with Gasteiger partial charge in [-0.25, -0.2) is 4.98 Å². The van der Waals surface area contributed by atoms with Crippen molar-refractivity contribution in [2.75, 3.05) is 7.05 Å². The third-order valence-electron chi connectivity index (χ3n) is 5.92. The summed E-state index contributed by atoms with van der Waals surface area (Å²) in [5, 5.41) is 4.60. The van der Waals surface area contributed by atoms with Crippen molar-refractivity contribution in [1.82, 2.24) is 15.2 Å². The Hall–Kier alpha value is -1.43. The third-order valence-corrected chi connectivity index (χ3v) is 7.10. The second-order valence-corrected chi connectivity index (χ2v) is 8.93. The fourth-order valence-electron chi connectivity index (χ4n) is 4.43. The molecular formula is C21H28ClN3OS. The summed E-state index contributed by atoms with van der Waals surface area (Å²) in [7, 11) is 1.97. The van der Waals surface area contributed by atoms with Gasteiger partial charge in [0, 0.05) is 30.7 Å². The lowest BCUT2D eigenvalue weighted by Gasteiger charge is -2.35. The number of aromatic nitrogens is 1. The molecule has 0 radical (unpaired) electrons. The molecule has 1 aromatic heterocycles. The molecule has 1 aromatic carbocycles.